The van der Waals surface area contributed by atoms with E-state index in [4.69, 9.17) is 16.7 Å². The summed E-state index contributed by atoms with van der Waals surface area (Å²) in [6, 6.07) is 4.97. The molecule has 1 fully saturated rings. The topological polar surface area (TPSA) is 72.9 Å². The van der Waals surface area contributed by atoms with Gasteiger partial charge in [0.2, 0.25) is 0 Å². The number of benzene rings is 1. The van der Waals surface area contributed by atoms with Crippen LogP contribution in [0.25, 0.3) is 0 Å². The molecule has 1 aromatic carbocycles. The molecule has 1 aliphatic heterocycles. The number of rotatable bonds is 3. The molecule has 0 aliphatic carbocycles. The van der Waals surface area contributed by atoms with Crippen LogP contribution in [-0.4, -0.2) is 59.6 Å². The van der Waals surface area contributed by atoms with Crippen LogP contribution in [0.3, 0.4) is 0 Å². The molecule has 2 N–H and O–H groups in total. The number of carboxylic acid groups (broad SMARTS) is 1. The second kappa shape index (κ2) is 7.11. The highest BCUT2D eigenvalue weighted by atomic mass is 79.9. The highest BCUT2D eigenvalue weighted by molar-refractivity contribution is 9.10. The zero-order valence-electron chi connectivity index (χ0n) is 11.2. The van der Waals surface area contributed by atoms with Gasteiger partial charge in [-0.1, -0.05) is 11.6 Å². The first-order valence-electron chi connectivity index (χ1n) is 6.41. The van der Waals surface area contributed by atoms with Crippen molar-refractivity contribution in [3.05, 3.63) is 27.7 Å². The van der Waals surface area contributed by atoms with Gasteiger partial charge in [-0.05, 0) is 34.1 Å². The molecule has 0 aromatic heterocycles. The number of aliphatic carboxylic acids is 1. The van der Waals surface area contributed by atoms with Gasteiger partial charge >= 0.3 is 12.0 Å². The minimum absolute atomic E-state index is 0.0135. The maximum Gasteiger partial charge on any atom is 0.321 e. The molecular weight excluding hydrogens is 362 g/mol. The first-order valence-corrected chi connectivity index (χ1v) is 7.58. The second-order valence-electron chi connectivity index (χ2n) is 4.72. The number of anilines is 1. The van der Waals surface area contributed by atoms with Crippen molar-refractivity contribution in [2.75, 3.05) is 38.0 Å². The van der Waals surface area contributed by atoms with Crippen molar-refractivity contribution in [1.82, 2.24) is 9.80 Å². The normalized spacial score (nSPS) is 15.8. The molecular formula is C13H15BrClN3O3. The van der Waals surface area contributed by atoms with Gasteiger partial charge in [-0.15, -0.1) is 0 Å². The summed E-state index contributed by atoms with van der Waals surface area (Å²) < 4.78 is 0.716. The van der Waals surface area contributed by atoms with E-state index in [9.17, 15) is 9.59 Å². The fourth-order valence-electron chi connectivity index (χ4n) is 2.08. The average molecular weight is 377 g/mol. The summed E-state index contributed by atoms with van der Waals surface area (Å²) in [4.78, 5) is 26.2. The van der Waals surface area contributed by atoms with Gasteiger partial charge in [-0.3, -0.25) is 9.69 Å². The van der Waals surface area contributed by atoms with Crippen LogP contribution in [0, 0.1) is 0 Å². The predicted octanol–water partition coefficient (Wildman–Crippen LogP) is 2.34. The van der Waals surface area contributed by atoms with E-state index in [0.29, 0.717) is 41.4 Å². The van der Waals surface area contributed by atoms with Crippen molar-refractivity contribution < 1.29 is 14.7 Å². The third-order valence-electron chi connectivity index (χ3n) is 3.19. The number of halogens is 2. The molecule has 114 valence electrons. The van der Waals surface area contributed by atoms with Crippen molar-refractivity contribution in [2.45, 2.75) is 0 Å². The number of urea groups is 1. The van der Waals surface area contributed by atoms with Crippen molar-refractivity contribution in [3.8, 4) is 0 Å². The molecule has 0 unspecified atom stereocenters. The van der Waals surface area contributed by atoms with Crippen LogP contribution >= 0.6 is 27.5 Å². The van der Waals surface area contributed by atoms with Crippen molar-refractivity contribution in [1.29, 1.82) is 0 Å². The molecule has 21 heavy (non-hydrogen) atoms. The Balaban J connectivity index is 1.87. The Morgan fingerprint density at radius 3 is 2.52 bits per heavy atom. The van der Waals surface area contributed by atoms with E-state index in [-0.39, 0.29) is 12.6 Å². The Morgan fingerprint density at radius 2 is 1.95 bits per heavy atom. The van der Waals surface area contributed by atoms with E-state index < -0.39 is 5.97 Å². The molecule has 0 radical (unpaired) electrons. The number of carboxylic acids is 1. The van der Waals surface area contributed by atoms with Crippen LogP contribution in [0.15, 0.2) is 22.7 Å². The van der Waals surface area contributed by atoms with Gasteiger partial charge in [-0.2, -0.15) is 0 Å². The van der Waals surface area contributed by atoms with Gasteiger partial charge < -0.3 is 15.3 Å². The average Bonchev–Trinajstić information content (AvgIpc) is 2.43. The predicted molar refractivity (Wildman–Crippen MR) is 83.8 cm³/mol. The Bertz CT molecular complexity index is 547. The first kappa shape index (κ1) is 16.1. The van der Waals surface area contributed by atoms with Gasteiger partial charge in [0.1, 0.15) is 0 Å². The molecule has 8 heteroatoms. The van der Waals surface area contributed by atoms with Gasteiger partial charge in [0.15, 0.2) is 0 Å². The minimum Gasteiger partial charge on any atom is -0.480 e. The number of nitrogens with one attached hydrogen (secondary N) is 1. The smallest absolute Gasteiger partial charge is 0.321 e. The largest absolute Gasteiger partial charge is 0.480 e. The summed E-state index contributed by atoms with van der Waals surface area (Å²) in [7, 11) is 0. The third-order valence-corrected chi connectivity index (χ3v) is 4.40. The van der Waals surface area contributed by atoms with Gasteiger partial charge in [0.25, 0.3) is 0 Å². The molecule has 0 saturated carbocycles. The Hall–Kier alpha value is -1.31. The number of piperazine rings is 1. The highest BCUT2D eigenvalue weighted by Gasteiger charge is 2.22. The zero-order valence-corrected chi connectivity index (χ0v) is 13.5. The van der Waals surface area contributed by atoms with E-state index in [1.165, 1.54) is 0 Å². The van der Waals surface area contributed by atoms with Crippen LogP contribution in [0.2, 0.25) is 5.02 Å². The zero-order chi connectivity index (χ0) is 15.4. The first-order chi connectivity index (χ1) is 9.95. The van der Waals surface area contributed by atoms with E-state index in [2.05, 4.69) is 21.2 Å². The fraction of sp³-hybridized carbons (Fsp3) is 0.385. The number of hydrogen-bond donors (Lipinski definition) is 2. The maximum absolute atomic E-state index is 12.1. The van der Waals surface area contributed by atoms with Crippen LogP contribution < -0.4 is 5.32 Å². The second-order valence-corrected chi connectivity index (χ2v) is 5.98. The van der Waals surface area contributed by atoms with Gasteiger partial charge in [0.05, 0.1) is 11.6 Å². The SMILES string of the molecule is O=C(O)CN1CCN(C(=O)Nc2ccc(Cl)c(Br)c2)CC1. The molecule has 2 rings (SSSR count). The van der Waals surface area contributed by atoms with Crippen LogP contribution in [0.4, 0.5) is 10.5 Å². The third kappa shape index (κ3) is 4.59. The Morgan fingerprint density at radius 1 is 1.29 bits per heavy atom. The van der Waals surface area contributed by atoms with Crippen molar-refractivity contribution in [3.63, 3.8) is 0 Å². The summed E-state index contributed by atoms with van der Waals surface area (Å²) in [5, 5.41) is 12.1. The summed E-state index contributed by atoms with van der Waals surface area (Å²) in [6.45, 7) is 2.15. The van der Waals surface area contributed by atoms with E-state index >= 15 is 0 Å². The molecule has 2 amide bonds. The summed E-state index contributed by atoms with van der Waals surface area (Å²) >= 11 is 9.20. The summed E-state index contributed by atoms with van der Waals surface area (Å²) in [6.07, 6.45) is 0. The van der Waals surface area contributed by atoms with Gasteiger partial charge in [0, 0.05) is 36.3 Å². The Labute approximate surface area is 135 Å². The monoisotopic (exact) mass is 375 g/mol. The van der Waals surface area contributed by atoms with Crippen molar-refractivity contribution in [2.24, 2.45) is 0 Å². The molecule has 0 spiro atoms. The minimum atomic E-state index is -0.848. The van der Waals surface area contributed by atoms with Gasteiger partial charge in [-0.25, -0.2) is 4.79 Å². The molecule has 1 aliphatic rings. The number of carbonyl (C=O) groups excluding carboxylic acids is 1. The van der Waals surface area contributed by atoms with Crippen molar-refractivity contribution >= 4 is 45.2 Å². The molecule has 0 bridgehead atoms. The van der Waals surface area contributed by atoms with Crippen LogP contribution in [0.5, 0.6) is 0 Å². The lowest BCUT2D eigenvalue weighted by Gasteiger charge is -2.33. The quantitative estimate of drug-likeness (QED) is 0.849. The van der Waals surface area contributed by atoms with E-state index in [1.807, 2.05) is 4.90 Å². The van der Waals surface area contributed by atoms with Crippen LogP contribution in [0.1, 0.15) is 0 Å². The number of amides is 2. The van der Waals surface area contributed by atoms with Crippen LogP contribution in [-0.2, 0) is 4.79 Å². The fourth-order valence-corrected chi connectivity index (χ4v) is 2.57. The highest BCUT2D eigenvalue weighted by Crippen LogP contribution is 2.25. The lowest BCUT2D eigenvalue weighted by atomic mass is 10.3. The Kier molecular flexibility index (Phi) is 5.44. The molecule has 0 atom stereocenters. The summed E-state index contributed by atoms with van der Waals surface area (Å²) in [5.74, 6) is -0.848. The molecule has 1 heterocycles. The summed E-state index contributed by atoms with van der Waals surface area (Å²) in [5.41, 5.74) is 0.657. The van der Waals surface area contributed by atoms with E-state index in [1.54, 1.807) is 23.1 Å². The van der Waals surface area contributed by atoms with E-state index in [0.717, 1.165) is 0 Å². The molecule has 6 nitrogen and oxygen atoms in total. The number of carbonyl (C=O) groups is 2. The number of hydrogen-bond acceptors (Lipinski definition) is 3. The molecule has 1 aromatic rings. The molecule has 1 saturated heterocycles. The standard InChI is InChI=1S/C13H15BrClN3O3/c14-10-7-9(1-2-11(10)15)16-13(21)18-5-3-17(4-6-18)8-12(19)20/h1-2,7H,3-6,8H2,(H,16,21)(H,19,20). The lowest BCUT2D eigenvalue weighted by Crippen LogP contribution is -2.51. The maximum atomic E-state index is 12.1. The number of nitrogens with zero attached hydrogens (tertiary/aromatic N) is 2. The lowest BCUT2D eigenvalue weighted by molar-refractivity contribution is -0.138.